The molecule has 148 valence electrons. The molecule has 0 unspecified atom stereocenters. The number of hydrogen-bond donors (Lipinski definition) is 1. The van der Waals surface area contributed by atoms with Gasteiger partial charge in [0.05, 0.1) is 11.8 Å². The number of benzene rings is 1. The molecule has 3 amide bonds. The van der Waals surface area contributed by atoms with E-state index in [0.29, 0.717) is 18.5 Å². The summed E-state index contributed by atoms with van der Waals surface area (Å²) in [5.41, 5.74) is 2.48. The monoisotopic (exact) mass is 384 g/mol. The number of aryl methyl sites for hydroxylation is 2. The molecular formula is C21H24N2O5. The molecule has 1 N–H and O–H groups in total. The fraction of sp³-hybridized carbons (Fsp3) is 0.429. The summed E-state index contributed by atoms with van der Waals surface area (Å²) in [6.45, 7) is 4.71. The number of para-hydroxylation sites is 1. The lowest BCUT2D eigenvalue weighted by Gasteiger charge is -2.21. The van der Waals surface area contributed by atoms with Crippen LogP contribution in [0.2, 0.25) is 0 Å². The summed E-state index contributed by atoms with van der Waals surface area (Å²) in [5, 5.41) is 2.73. The molecule has 0 aromatic heterocycles. The number of anilines is 1. The zero-order valence-corrected chi connectivity index (χ0v) is 16.2. The molecule has 1 aromatic carbocycles. The summed E-state index contributed by atoms with van der Waals surface area (Å²) in [7, 11) is 0. The van der Waals surface area contributed by atoms with Crippen LogP contribution in [-0.4, -0.2) is 41.2 Å². The van der Waals surface area contributed by atoms with E-state index in [9.17, 15) is 19.2 Å². The summed E-state index contributed by atoms with van der Waals surface area (Å²) in [4.78, 5) is 50.6. The number of rotatable bonds is 5. The predicted molar refractivity (Wildman–Crippen MR) is 102 cm³/mol. The Hall–Kier alpha value is -2.96. The van der Waals surface area contributed by atoms with Crippen molar-refractivity contribution in [3.63, 3.8) is 0 Å². The van der Waals surface area contributed by atoms with Gasteiger partial charge in [-0.3, -0.25) is 19.3 Å². The Labute approximate surface area is 163 Å². The standard InChI is InChI=1S/C21H24N2O5/c1-12-7-6-8-13(2)18(12)22-17(24)11-28-21(27)14(3)23-19(25)15-9-4-5-10-16(15)20(23)26/h4-8,14-16H,9-11H2,1-3H3,(H,22,24)/t14-,15-,16+/m0/s1. The Morgan fingerprint density at radius 1 is 1.11 bits per heavy atom. The number of allylic oxidation sites excluding steroid dienone is 2. The zero-order valence-electron chi connectivity index (χ0n) is 16.2. The van der Waals surface area contributed by atoms with Gasteiger partial charge in [0.25, 0.3) is 5.91 Å². The lowest BCUT2D eigenvalue weighted by atomic mass is 9.85. The van der Waals surface area contributed by atoms with Crippen molar-refractivity contribution in [2.24, 2.45) is 11.8 Å². The minimum atomic E-state index is -1.06. The van der Waals surface area contributed by atoms with Gasteiger partial charge in [-0.1, -0.05) is 30.4 Å². The second-order valence-electron chi connectivity index (χ2n) is 7.30. The van der Waals surface area contributed by atoms with Crippen molar-refractivity contribution in [2.75, 3.05) is 11.9 Å². The highest BCUT2D eigenvalue weighted by Gasteiger charge is 2.50. The van der Waals surface area contributed by atoms with Gasteiger partial charge < -0.3 is 10.1 Å². The van der Waals surface area contributed by atoms with Crippen molar-refractivity contribution in [1.29, 1.82) is 0 Å². The van der Waals surface area contributed by atoms with E-state index in [4.69, 9.17) is 4.74 Å². The zero-order chi connectivity index (χ0) is 20.4. The van der Waals surface area contributed by atoms with Crippen LogP contribution in [0.4, 0.5) is 5.69 Å². The maximum atomic E-state index is 12.5. The van der Waals surface area contributed by atoms with E-state index in [0.717, 1.165) is 16.0 Å². The number of nitrogens with one attached hydrogen (secondary N) is 1. The number of esters is 1. The van der Waals surface area contributed by atoms with Crippen molar-refractivity contribution >= 4 is 29.4 Å². The summed E-state index contributed by atoms with van der Waals surface area (Å²) in [5.74, 6) is -2.74. The molecule has 1 aliphatic heterocycles. The Morgan fingerprint density at radius 3 is 2.18 bits per heavy atom. The Balaban J connectivity index is 1.58. The molecule has 1 saturated heterocycles. The van der Waals surface area contributed by atoms with Crippen LogP contribution in [0, 0.1) is 25.7 Å². The van der Waals surface area contributed by atoms with Crippen LogP contribution in [0.5, 0.6) is 0 Å². The van der Waals surface area contributed by atoms with Crippen LogP contribution in [-0.2, 0) is 23.9 Å². The number of carbonyl (C=O) groups is 4. The molecule has 28 heavy (non-hydrogen) atoms. The normalized spacial score (nSPS) is 22.0. The van der Waals surface area contributed by atoms with Crippen LogP contribution in [0.25, 0.3) is 0 Å². The Bertz CT molecular complexity index is 814. The van der Waals surface area contributed by atoms with E-state index in [1.54, 1.807) is 0 Å². The van der Waals surface area contributed by atoms with Crippen LogP contribution in [0.15, 0.2) is 30.4 Å². The first-order valence-electron chi connectivity index (χ1n) is 9.36. The number of hydrogen-bond acceptors (Lipinski definition) is 5. The quantitative estimate of drug-likeness (QED) is 0.477. The molecule has 0 bridgehead atoms. The largest absolute Gasteiger partial charge is 0.454 e. The number of ether oxygens (including phenoxy) is 1. The van der Waals surface area contributed by atoms with E-state index in [1.807, 2.05) is 44.2 Å². The van der Waals surface area contributed by atoms with Gasteiger partial charge in [0.15, 0.2) is 6.61 Å². The third-order valence-electron chi connectivity index (χ3n) is 5.36. The van der Waals surface area contributed by atoms with Crippen LogP contribution in [0.3, 0.4) is 0 Å². The molecule has 1 heterocycles. The van der Waals surface area contributed by atoms with Gasteiger partial charge in [-0.15, -0.1) is 0 Å². The van der Waals surface area contributed by atoms with E-state index < -0.39 is 36.4 Å². The lowest BCUT2D eigenvalue weighted by Crippen LogP contribution is -2.45. The maximum Gasteiger partial charge on any atom is 0.329 e. The number of nitrogens with zero attached hydrogens (tertiary/aromatic N) is 1. The highest BCUT2D eigenvalue weighted by Crippen LogP contribution is 2.36. The highest BCUT2D eigenvalue weighted by molar-refractivity contribution is 6.08. The molecule has 0 radical (unpaired) electrons. The number of carbonyl (C=O) groups excluding carboxylic acids is 4. The van der Waals surface area contributed by atoms with Gasteiger partial charge in [0.2, 0.25) is 11.8 Å². The third-order valence-corrected chi connectivity index (χ3v) is 5.36. The first-order valence-corrected chi connectivity index (χ1v) is 9.36. The van der Waals surface area contributed by atoms with Gasteiger partial charge in [-0.2, -0.15) is 0 Å². The van der Waals surface area contributed by atoms with Crippen molar-refractivity contribution in [3.8, 4) is 0 Å². The number of amides is 3. The number of fused-ring (bicyclic) bond motifs is 1. The highest BCUT2D eigenvalue weighted by atomic mass is 16.5. The molecule has 1 aliphatic carbocycles. The average Bonchev–Trinajstić information content (AvgIpc) is 2.93. The minimum absolute atomic E-state index is 0.344. The second kappa shape index (κ2) is 7.96. The van der Waals surface area contributed by atoms with Gasteiger partial charge in [-0.05, 0) is 44.7 Å². The molecular weight excluding hydrogens is 360 g/mol. The van der Waals surface area contributed by atoms with E-state index >= 15 is 0 Å². The second-order valence-corrected chi connectivity index (χ2v) is 7.30. The van der Waals surface area contributed by atoms with E-state index in [1.165, 1.54) is 6.92 Å². The van der Waals surface area contributed by atoms with Gasteiger partial charge in [0.1, 0.15) is 6.04 Å². The SMILES string of the molecule is Cc1cccc(C)c1NC(=O)COC(=O)[C@H](C)N1C(=O)[C@H]2CC=CC[C@H]2C1=O. The molecule has 0 spiro atoms. The molecule has 1 aromatic rings. The van der Waals surface area contributed by atoms with Crippen LogP contribution >= 0.6 is 0 Å². The van der Waals surface area contributed by atoms with Gasteiger partial charge in [-0.25, -0.2) is 4.79 Å². The molecule has 3 rings (SSSR count). The van der Waals surface area contributed by atoms with Crippen molar-refractivity contribution in [3.05, 3.63) is 41.5 Å². The van der Waals surface area contributed by atoms with Crippen LogP contribution < -0.4 is 5.32 Å². The van der Waals surface area contributed by atoms with Crippen molar-refractivity contribution in [2.45, 2.75) is 39.7 Å². The molecule has 7 nitrogen and oxygen atoms in total. The smallest absolute Gasteiger partial charge is 0.329 e. The molecule has 3 atom stereocenters. The van der Waals surface area contributed by atoms with Gasteiger partial charge >= 0.3 is 5.97 Å². The van der Waals surface area contributed by atoms with E-state index in [-0.39, 0.29) is 11.8 Å². The van der Waals surface area contributed by atoms with E-state index in [2.05, 4.69) is 5.32 Å². The summed E-state index contributed by atoms with van der Waals surface area (Å²) in [6.07, 6.45) is 4.78. The number of likely N-dealkylation sites (tertiary alicyclic amines) is 1. The topological polar surface area (TPSA) is 92.8 Å². The third kappa shape index (κ3) is 3.69. The summed E-state index contributed by atoms with van der Waals surface area (Å²) in [6, 6.07) is 4.57. The molecule has 0 saturated carbocycles. The van der Waals surface area contributed by atoms with Crippen molar-refractivity contribution in [1.82, 2.24) is 4.90 Å². The summed E-state index contributed by atoms with van der Waals surface area (Å²) < 4.78 is 5.07. The molecule has 1 fully saturated rings. The average molecular weight is 384 g/mol. The molecule has 7 heteroatoms. The molecule has 2 aliphatic rings. The predicted octanol–water partition coefficient (Wildman–Crippen LogP) is 2.12. The fourth-order valence-corrected chi connectivity index (χ4v) is 3.76. The minimum Gasteiger partial charge on any atom is -0.454 e. The summed E-state index contributed by atoms with van der Waals surface area (Å²) >= 11 is 0. The van der Waals surface area contributed by atoms with Crippen LogP contribution in [0.1, 0.15) is 30.9 Å². The first-order chi connectivity index (χ1) is 13.3. The van der Waals surface area contributed by atoms with Crippen molar-refractivity contribution < 1.29 is 23.9 Å². The first kappa shape index (κ1) is 19.8. The number of imide groups is 1. The maximum absolute atomic E-state index is 12.5. The van der Waals surface area contributed by atoms with Gasteiger partial charge in [0, 0.05) is 5.69 Å². The lowest BCUT2D eigenvalue weighted by molar-refractivity contribution is -0.159. The Kier molecular flexibility index (Phi) is 5.63. The Morgan fingerprint density at radius 2 is 1.64 bits per heavy atom. The fourth-order valence-electron chi connectivity index (χ4n) is 3.76.